The maximum Gasteiger partial charge on any atom is 0.263 e. The summed E-state index contributed by atoms with van der Waals surface area (Å²) in [7, 11) is 0. The van der Waals surface area contributed by atoms with Crippen LogP contribution in [0.4, 0.5) is 5.13 Å². The fourth-order valence-corrected chi connectivity index (χ4v) is 3.36. The first-order valence-electron chi connectivity index (χ1n) is 8.80. The summed E-state index contributed by atoms with van der Waals surface area (Å²) in [6.07, 6.45) is 2.22. The van der Waals surface area contributed by atoms with Crippen LogP contribution in [0.15, 0.2) is 58.8 Å². The van der Waals surface area contributed by atoms with Crippen LogP contribution in [-0.4, -0.2) is 21.8 Å². The van der Waals surface area contributed by atoms with Gasteiger partial charge in [-0.1, -0.05) is 30.3 Å². The van der Waals surface area contributed by atoms with E-state index < -0.39 is 11.5 Å². The molecule has 2 amide bonds. The Morgan fingerprint density at radius 1 is 1.18 bits per heavy atom. The monoisotopic (exact) mass is 396 g/mol. The number of amides is 2. The Labute approximate surface area is 165 Å². The van der Waals surface area contributed by atoms with Gasteiger partial charge in [-0.15, -0.1) is 11.3 Å². The minimum absolute atomic E-state index is 0.0218. The van der Waals surface area contributed by atoms with Crippen molar-refractivity contribution in [3.8, 4) is 0 Å². The number of aromatic nitrogens is 2. The molecule has 7 nitrogen and oxygen atoms in total. The molecule has 0 saturated heterocycles. The zero-order valence-corrected chi connectivity index (χ0v) is 16.1. The molecule has 0 fully saturated rings. The van der Waals surface area contributed by atoms with E-state index in [0.29, 0.717) is 23.7 Å². The molecule has 0 saturated carbocycles. The first kappa shape index (κ1) is 19.5. The molecule has 8 heteroatoms. The van der Waals surface area contributed by atoms with Crippen molar-refractivity contribution in [3.63, 3.8) is 0 Å². The number of H-pyrrole nitrogens is 1. The number of rotatable bonds is 7. The largest absolute Gasteiger partial charge is 0.350 e. The second kappa shape index (κ2) is 9.09. The maximum atomic E-state index is 12.2. The number of anilines is 1. The molecule has 2 aromatic heterocycles. The van der Waals surface area contributed by atoms with E-state index in [-0.39, 0.29) is 17.5 Å². The van der Waals surface area contributed by atoms with Crippen molar-refractivity contribution in [2.45, 2.75) is 25.8 Å². The Morgan fingerprint density at radius 2 is 1.96 bits per heavy atom. The van der Waals surface area contributed by atoms with Crippen LogP contribution in [-0.2, 0) is 11.2 Å². The third-order valence-electron chi connectivity index (χ3n) is 4.12. The summed E-state index contributed by atoms with van der Waals surface area (Å²) in [5.41, 5.74) is 1.32. The first-order valence-corrected chi connectivity index (χ1v) is 9.68. The van der Waals surface area contributed by atoms with Gasteiger partial charge in [-0.3, -0.25) is 19.7 Å². The van der Waals surface area contributed by atoms with Gasteiger partial charge in [0, 0.05) is 18.0 Å². The molecule has 1 atom stereocenters. The van der Waals surface area contributed by atoms with Gasteiger partial charge in [0.1, 0.15) is 5.56 Å². The van der Waals surface area contributed by atoms with Crippen LogP contribution in [0.5, 0.6) is 0 Å². The number of hydrogen-bond donors (Lipinski definition) is 3. The summed E-state index contributed by atoms with van der Waals surface area (Å²) < 4.78 is 0. The number of nitrogens with one attached hydrogen (secondary N) is 3. The molecule has 3 rings (SSSR count). The number of carbonyl (C=O) groups is 2. The summed E-state index contributed by atoms with van der Waals surface area (Å²) >= 11 is 1.25. The Hall–Kier alpha value is -3.26. The topological polar surface area (TPSA) is 104 Å². The molecule has 1 unspecified atom stereocenters. The molecule has 3 N–H and O–H groups in total. The SMILES string of the molecule is CC(NC(=O)CCc1csc(NC(=O)c2ccc[nH]c2=O)n1)c1ccccc1. The van der Waals surface area contributed by atoms with Crippen molar-refractivity contribution in [2.24, 2.45) is 0 Å². The van der Waals surface area contributed by atoms with Gasteiger partial charge in [0.25, 0.3) is 11.5 Å². The second-order valence-corrected chi connectivity index (χ2v) is 7.07. The van der Waals surface area contributed by atoms with Crippen LogP contribution in [0.25, 0.3) is 0 Å². The van der Waals surface area contributed by atoms with Crippen LogP contribution >= 0.6 is 11.3 Å². The van der Waals surface area contributed by atoms with Crippen molar-refractivity contribution >= 4 is 28.3 Å². The summed E-state index contributed by atoms with van der Waals surface area (Å²) in [4.78, 5) is 42.7. The first-order chi connectivity index (χ1) is 13.5. The molecule has 144 valence electrons. The highest BCUT2D eigenvalue weighted by molar-refractivity contribution is 7.14. The molecule has 3 aromatic rings. The van der Waals surface area contributed by atoms with Gasteiger partial charge >= 0.3 is 0 Å². The van der Waals surface area contributed by atoms with Gasteiger partial charge in [-0.05, 0) is 31.0 Å². The van der Waals surface area contributed by atoms with Crippen LogP contribution < -0.4 is 16.2 Å². The molecule has 2 heterocycles. The second-order valence-electron chi connectivity index (χ2n) is 6.21. The van der Waals surface area contributed by atoms with E-state index in [9.17, 15) is 14.4 Å². The van der Waals surface area contributed by atoms with E-state index >= 15 is 0 Å². The molecular formula is C20H20N4O3S. The van der Waals surface area contributed by atoms with Gasteiger partial charge in [0.2, 0.25) is 5.91 Å². The van der Waals surface area contributed by atoms with Crippen LogP contribution in [0.3, 0.4) is 0 Å². The lowest BCUT2D eigenvalue weighted by molar-refractivity contribution is -0.121. The van der Waals surface area contributed by atoms with Crippen molar-refractivity contribution in [3.05, 3.63) is 81.2 Å². The molecular weight excluding hydrogens is 376 g/mol. The molecule has 0 bridgehead atoms. The third kappa shape index (κ3) is 5.14. The van der Waals surface area contributed by atoms with E-state index in [2.05, 4.69) is 20.6 Å². The number of carbonyl (C=O) groups excluding carboxylic acids is 2. The van der Waals surface area contributed by atoms with Gasteiger partial charge in [0.15, 0.2) is 5.13 Å². The van der Waals surface area contributed by atoms with E-state index in [4.69, 9.17) is 0 Å². The Morgan fingerprint density at radius 3 is 2.71 bits per heavy atom. The smallest absolute Gasteiger partial charge is 0.263 e. The molecule has 0 aliphatic heterocycles. The standard InChI is InChI=1S/C20H20N4O3S/c1-13(14-6-3-2-4-7-14)22-17(25)10-9-15-12-28-20(23-15)24-19(27)16-8-5-11-21-18(16)26/h2-8,11-13H,9-10H2,1H3,(H,21,26)(H,22,25)(H,23,24,27). The summed E-state index contributed by atoms with van der Waals surface area (Å²) in [6.45, 7) is 1.94. The zero-order chi connectivity index (χ0) is 19.9. The number of nitrogens with zero attached hydrogens (tertiary/aromatic N) is 1. The third-order valence-corrected chi connectivity index (χ3v) is 4.93. The zero-order valence-electron chi connectivity index (χ0n) is 15.3. The van der Waals surface area contributed by atoms with Crippen LogP contribution in [0.2, 0.25) is 0 Å². The average Bonchev–Trinajstić information content (AvgIpc) is 3.14. The van der Waals surface area contributed by atoms with Gasteiger partial charge in [-0.2, -0.15) is 0 Å². The quantitative estimate of drug-likeness (QED) is 0.571. The normalized spacial score (nSPS) is 11.6. The highest BCUT2D eigenvalue weighted by atomic mass is 32.1. The molecule has 0 aliphatic rings. The maximum absolute atomic E-state index is 12.2. The fourth-order valence-electron chi connectivity index (χ4n) is 2.62. The van der Waals surface area contributed by atoms with Crippen molar-refractivity contribution < 1.29 is 9.59 Å². The Balaban J connectivity index is 1.50. The van der Waals surface area contributed by atoms with E-state index in [1.54, 1.807) is 11.4 Å². The molecule has 1 aromatic carbocycles. The molecule has 28 heavy (non-hydrogen) atoms. The van der Waals surface area contributed by atoms with E-state index in [0.717, 1.165) is 5.56 Å². The minimum Gasteiger partial charge on any atom is -0.350 e. The van der Waals surface area contributed by atoms with Gasteiger partial charge in [-0.25, -0.2) is 4.98 Å². The van der Waals surface area contributed by atoms with E-state index in [1.165, 1.54) is 23.6 Å². The molecule has 0 aliphatic carbocycles. The van der Waals surface area contributed by atoms with Crippen LogP contribution in [0, 0.1) is 0 Å². The Bertz CT molecular complexity index is 1010. The van der Waals surface area contributed by atoms with Crippen molar-refractivity contribution in [1.29, 1.82) is 0 Å². The number of aryl methyl sites for hydroxylation is 1. The lowest BCUT2D eigenvalue weighted by Gasteiger charge is -2.13. The number of benzene rings is 1. The predicted octanol–water partition coefficient (Wildman–Crippen LogP) is 2.89. The van der Waals surface area contributed by atoms with Crippen LogP contribution in [0.1, 0.15) is 41.0 Å². The summed E-state index contributed by atoms with van der Waals surface area (Å²) in [5, 5.41) is 7.75. The minimum atomic E-state index is -0.517. The molecule has 0 spiro atoms. The number of pyridine rings is 1. The average molecular weight is 396 g/mol. The van der Waals surface area contributed by atoms with Gasteiger partial charge < -0.3 is 10.3 Å². The number of hydrogen-bond acceptors (Lipinski definition) is 5. The molecule has 0 radical (unpaired) electrons. The highest BCUT2D eigenvalue weighted by Gasteiger charge is 2.13. The number of aromatic amines is 1. The lowest BCUT2D eigenvalue weighted by atomic mass is 10.1. The van der Waals surface area contributed by atoms with Crippen molar-refractivity contribution in [2.75, 3.05) is 5.32 Å². The summed E-state index contributed by atoms with van der Waals surface area (Å²) in [6, 6.07) is 12.7. The predicted molar refractivity (Wildman–Crippen MR) is 108 cm³/mol. The number of thiazole rings is 1. The van der Waals surface area contributed by atoms with Crippen molar-refractivity contribution in [1.82, 2.24) is 15.3 Å². The highest BCUT2D eigenvalue weighted by Crippen LogP contribution is 2.17. The van der Waals surface area contributed by atoms with Gasteiger partial charge in [0.05, 0.1) is 11.7 Å². The Kier molecular flexibility index (Phi) is 6.33. The fraction of sp³-hybridized carbons (Fsp3) is 0.200. The van der Waals surface area contributed by atoms with E-state index in [1.807, 2.05) is 37.3 Å². The summed E-state index contributed by atoms with van der Waals surface area (Å²) in [5.74, 6) is -0.581. The lowest BCUT2D eigenvalue weighted by Crippen LogP contribution is -2.26.